The molecular formula is C14H10F2N2O2S. The summed E-state index contributed by atoms with van der Waals surface area (Å²) in [6.07, 6.45) is 0.218. The number of sulfonamides is 1. The molecule has 0 heterocycles. The van der Waals surface area contributed by atoms with Crippen molar-refractivity contribution in [2.45, 2.75) is 11.3 Å². The van der Waals surface area contributed by atoms with E-state index >= 15 is 0 Å². The van der Waals surface area contributed by atoms with Gasteiger partial charge in [-0.3, -0.25) is 4.72 Å². The molecule has 7 heteroatoms. The van der Waals surface area contributed by atoms with E-state index in [9.17, 15) is 17.2 Å². The predicted molar refractivity (Wildman–Crippen MR) is 72.9 cm³/mol. The topological polar surface area (TPSA) is 70.0 Å². The molecule has 0 saturated heterocycles. The van der Waals surface area contributed by atoms with Gasteiger partial charge in [-0.2, -0.15) is 5.26 Å². The minimum absolute atomic E-state index is 0.218. The lowest BCUT2D eigenvalue weighted by atomic mass is 10.1. The summed E-state index contributed by atoms with van der Waals surface area (Å²) in [6.45, 7) is 0. The second-order valence-electron chi connectivity index (χ2n) is 4.21. The molecule has 0 fully saturated rings. The minimum Gasteiger partial charge on any atom is -0.280 e. The van der Waals surface area contributed by atoms with Crippen LogP contribution in [-0.4, -0.2) is 8.42 Å². The molecule has 1 N–H and O–H groups in total. The normalized spacial score (nSPS) is 10.9. The van der Waals surface area contributed by atoms with E-state index in [2.05, 4.69) is 4.72 Å². The van der Waals surface area contributed by atoms with E-state index in [0.717, 1.165) is 17.7 Å². The molecule has 0 bridgehead atoms. The van der Waals surface area contributed by atoms with Crippen molar-refractivity contribution in [1.82, 2.24) is 0 Å². The van der Waals surface area contributed by atoms with Gasteiger partial charge in [-0.25, -0.2) is 17.2 Å². The molecule has 0 aliphatic heterocycles. The fourth-order valence-electron chi connectivity index (χ4n) is 1.64. The van der Waals surface area contributed by atoms with Gasteiger partial charge in [-0.15, -0.1) is 0 Å². The number of anilines is 1. The molecule has 2 rings (SSSR count). The lowest BCUT2D eigenvalue weighted by Gasteiger charge is -2.08. The summed E-state index contributed by atoms with van der Waals surface area (Å²) in [5.74, 6) is -2.35. The monoisotopic (exact) mass is 308 g/mol. The molecule has 0 saturated carbocycles. The Kier molecular flexibility index (Phi) is 4.19. The Morgan fingerprint density at radius 2 is 1.71 bits per heavy atom. The van der Waals surface area contributed by atoms with Crippen LogP contribution in [0, 0.1) is 23.0 Å². The molecule has 0 radical (unpaired) electrons. The number of hydrogen-bond donors (Lipinski definition) is 1. The molecule has 0 aliphatic carbocycles. The Morgan fingerprint density at radius 1 is 1.05 bits per heavy atom. The third kappa shape index (κ3) is 3.55. The van der Waals surface area contributed by atoms with Crippen LogP contribution in [0.2, 0.25) is 0 Å². The summed E-state index contributed by atoms with van der Waals surface area (Å²) in [5, 5.41) is 8.54. The van der Waals surface area contributed by atoms with Crippen molar-refractivity contribution < 1.29 is 17.2 Å². The van der Waals surface area contributed by atoms with E-state index in [0.29, 0.717) is 6.07 Å². The molecule has 0 unspecified atom stereocenters. The third-order valence-electron chi connectivity index (χ3n) is 2.69. The Bertz CT molecular complexity index is 797. The van der Waals surface area contributed by atoms with Gasteiger partial charge in [0.1, 0.15) is 0 Å². The highest BCUT2D eigenvalue weighted by Gasteiger charge is 2.16. The number of nitriles is 1. The maximum Gasteiger partial charge on any atom is 0.261 e. The Morgan fingerprint density at radius 3 is 2.29 bits per heavy atom. The molecule has 0 spiro atoms. The summed E-state index contributed by atoms with van der Waals surface area (Å²) < 4.78 is 52.2. The third-order valence-corrected chi connectivity index (χ3v) is 4.07. The van der Waals surface area contributed by atoms with Crippen molar-refractivity contribution in [3.63, 3.8) is 0 Å². The smallest absolute Gasteiger partial charge is 0.261 e. The molecule has 0 aliphatic rings. The average Bonchev–Trinajstić information content (AvgIpc) is 2.44. The fourth-order valence-corrected chi connectivity index (χ4v) is 2.71. The summed E-state index contributed by atoms with van der Waals surface area (Å²) in [7, 11) is -4.00. The first-order valence-electron chi connectivity index (χ1n) is 5.86. The first-order chi connectivity index (χ1) is 9.92. The van der Waals surface area contributed by atoms with Crippen LogP contribution in [0.1, 0.15) is 5.56 Å². The number of nitrogens with zero attached hydrogens (tertiary/aromatic N) is 1. The highest BCUT2D eigenvalue weighted by molar-refractivity contribution is 7.92. The molecule has 21 heavy (non-hydrogen) atoms. The fraction of sp³-hybridized carbons (Fsp3) is 0.0714. The predicted octanol–water partition coefficient (Wildman–Crippen LogP) is 2.83. The number of hydrogen-bond acceptors (Lipinski definition) is 3. The average molecular weight is 308 g/mol. The quantitative estimate of drug-likeness (QED) is 0.944. The van der Waals surface area contributed by atoms with Crippen molar-refractivity contribution in [2.75, 3.05) is 4.72 Å². The molecule has 0 amide bonds. The molecule has 4 nitrogen and oxygen atoms in total. The highest BCUT2D eigenvalue weighted by Crippen LogP contribution is 2.18. The van der Waals surface area contributed by atoms with Crippen LogP contribution in [0.25, 0.3) is 0 Å². The second kappa shape index (κ2) is 5.89. The van der Waals surface area contributed by atoms with Crippen LogP contribution in [0.15, 0.2) is 47.4 Å². The van der Waals surface area contributed by atoms with Gasteiger partial charge in [0.25, 0.3) is 10.0 Å². The van der Waals surface area contributed by atoms with Crippen LogP contribution in [0.3, 0.4) is 0 Å². The zero-order valence-corrected chi connectivity index (χ0v) is 11.5. The van der Waals surface area contributed by atoms with Crippen molar-refractivity contribution in [1.29, 1.82) is 5.26 Å². The summed E-state index contributed by atoms with van der Waals surface area (Å²) in [5.41, 5.74) is 1.01. The van der Waals surface area contributed by atoms with Gasteiger partial charge < -0.3 is 0 Å². The van der Waals surface area contributed by atoms with Gasteiger partial charge in [-0.05, 0) is 35.9 Å². The van der Waals surface area contributed by atoms with Crippen LogP contribution in [0.4, 0.5) is 14.5 Å². The van der Waals surface area contributed by atoms with E-state index in [1.807, 2.05) is 6.07 Å². The molecule has 2 aromatic carbocycles. The number of nitrogens with one attached hydrogen (secondary N) is 1. The Labute approximate surface area is 120 Å². The van der Waals surface area contributed by atoms with Crippen LogP contribution < -0.4 is 4.72 Å². The van der Waals surface area contributed by atoms with E-state index in [-0.39, 0.29) is 17.0 Å². The lowest BCUT2D eigenvalue weighted by Crippen LogP contribution is -2.13. The summed E-state index contributed by atoms with van der Waals surface area (Å²) in [6, 6.07) is 10.5. The molecule has 0 aromatic heterocycles. The van der Waals surface area contributed by atoms with Gasteiger partial charge >= 0.3 is 0 Å². The van der Waals surface area contributed by atoms with Crippen molar-refractivity contribution in [3.05, 3.63) is 59.7 Å². The van der Waals surface area contributed by atoms with Crippen molar-refractivity contribution >= 4 is 15.7 Å². The first-order valence-corrected chi connectivity index (χ1v) is 7.34. The maximum absolute atomic E-state index is 13.1. The largest absolute Gasteiger partial charge is 0.280 e. The lowest BCUT2D eigenvalue weighted by molar-refractivity contribution is 0.504. The van der Waals surface area contributed by atoms with Crippen LogP contribution >= 0.6 is 0 Å². The van der Waals surface area contributed by atoms with Gasteiger partial charge in [0, 0.05) is 5.69 Å². The highest BCUT2D eigenvalue weighted by atomic mass is 32.2. The Hall–Kier alpha value is -2.46. The van der Waals surface area contributed by atoms with Gasteiger partial charge in [0.2, 0.25) is 0 Å². The minimum atomic E-state index is -4.00. The number of benzene rings is 2. The number of rotatable bonds is 4. The van der Waals surface area contributed by atoms with E-state index in [1.165, 1.54) is 12.1 Å². The van der Waals surface area contributed by atoms with Gasteiger partial charge in [0.05, 0.1) is 17.4 Å². The second-order valence-corrected chi connectivity index (χ2v) is 5.90. The van der Waals surface area contributed by atoms with E-state index < -0.39 is 21.7 Å². The van der Waals surface area contributed by atoms with E-state index in [4.69, 9.17) is 5.26 Å². The van der Waals surface area contributed by atoms with Gasteiger partial charge in [-0.1, -0.05) is 12.1 Å². The van der Waals surface area contributed by atoms with E-state index in [1.54, 1.807) is 12.1 Å². The number of halogens is 2. The molecule has 0 atom stereocenters. The zero-order chi connectivity index (χ0) is 15.5. The summed E-state index contributed by atoms with van der Waals surface area (Å²) in [4.78, 5) is -0.373. The molecule has 2 aromatic rings. The SMILES string of the molecule is N#CCc1ccc(NS(=O)(=O)c2ccc(F)c(F)c2)cc1. The van der Waals surface area contributed by atoms with Gasteiger partial charge in [0.15, 0.2) is 11.6 Å². The first kappa shape index (κ1) is 14.9. The zero-order valence-electron chi connectivity index (χ0n) is 10.7. The van der Waals surface area contributed by atoms with Crippen LogP contribution in [-0.2, 0) is 16.4 Å². The van der Waals surface area contributed by atoms with Crippen LogP contribution in [0.5, 0.6) is 0 Å². The van der Waals surface area contributed by atoms with Crippen molar-refractivity contribution in [3.8, 4) is 6.07 Å². The maximum atomic E-state index is 13.1. The molecular weight excluding hydrogens is 298 g/mol. The standard InChI is InChI=1S/C14H10F2N2O2S/c15-13-6-5-12(9-14(13)16)21(19,20)18-11-3-1-10(2-4-11)7-8-17/h1-6,9,18H,7H2. The Balaban J connectivity index is 2.24. The van der Waals surface area contributed by atoms with Crippen molar-refractivity contribution in [2.24, 2.45) is 0 Å². The molecule has 108 valence electrons. The summed E-state index contributed by atoms with van der Waals surface area (Å²) >= 11 is 0.